The van der Waals surface area contributed by atoms with E-state index in [1.807, 2.05) is 31.2 Å². The molecule has 20 heavy (non-hydrogen) atoms. The molecule has 0 spiro atoms. The Bertz CT molecular complexity index is 750. The van der Waals surface area contributed by atoms with Crippen molar-refractivity contribution in [3.8, 4) is 17.1 Å². The zero-order valence-electron chi connectivity index (χ0n) is 10.5. The third-order valence-corrected chi connectivity index (χ3v) is 4.13. The monoisotopic (exact) mass is 400 g/mol. The molecule has 0 unspecified atom stereocenters. The van der Waals surface area contributed by atoms with Crippen LogP contribution in [-0.4, -0.2) is 30.0 Å². The van der Waals surface area contributed by atoms with Gasteiger partial charge in [-0.3, -0.25) is 0 Å². The Morgan fingerprint density at radius 2 is 2.10 bits per heavy atom. The van der Waals surface area contributed by atoms with Gasteiger partial charge < -0.3 is 0 Å². The molecule has 8 heteroatoms. The van der Waals surface area contributed by atoms with Crippen molar-refractivity contribution in [1.82, 2.24) is 30.0 Å². The second-order valence-corrected chi connectivity index (χ2v) is 5.44. The van der Waals surface area contributed by atoms with Gasteiger partial charge in [0.05, 0.1) is 29.0 Å². The van der Waals surface area contributed by atoms with Gasteiger partial charge in [-0.1, -0.05) is 23.7 Å². The molecule has 2 heterocycles. The number of nitrogens with zero attached hydrogens (tertiary/aromatic N) is 6. The fourth-order valence-electron chi connectivity index (χ4n) is 1.76. The highest BCUT2D eigenvalue weighted by Gasteiger charge is 2.16. The number of hydrogen-bond donors (Lipinski definition) is 0. The van der Waals surface area contributed by atoms with E-state index < -0.39 is 0 Å². The number of halogens is 2. The quantitative estimate of drug-likeness (QED) is 0.634. The molecule has 0 atom stereocenters. The van der Waals surface area contributed by atoms with Crippen molar-refractivity contribution in [1.29, 1.82) is 0 Å². The second kappa shape index (κ2) is 5.49. The van der Waals surface area contributed by atoms with E-state index >= 15 is 0 Å². The topological polar surface area (TPSA) is 61.4 Å². The lowest BCUT2D eigenvalue weighted by atomic mass is 10.3. The highest BCUT2D eigenvalue weighted by Crippen LogP contribution is 2.27. The van der Waals surface area contributed by atoms with Crippen molar-refractivity contribution in [2.24, 2.45) is 0 Å². The van der Waals surface area contributed by atoms with E-state index in [2.05, 4.69) is 43.1 Å². The molecule has 0 aliphatic rings. The summed E-state index contributed by atoms with van der Waals surface area (Å²) in [6.45, 7) is 2.64. The predicted octanol–water partition coefficient (Wildman–Crippen LogP) is 2.80. The molecule has 0 aliphatic carbocycles. The Labute approximate surface area is 133 Å². The summed E-state index contributed by atoms with van der Waals surface area (Å²) >= 11 is 8.41. The van der Waals surface area contributed by atoms with Gasteiger partial charge in [0.2, 0.25) is 5.82 Å². The first-order valence-corrected chi connectivity index (χ1v) is 7.43. The molecule has 0 bridgehead atoms. The summed E-state index contributed by atoms with van der Waals surface area (Å²) in [5.41, 5.74) is 1.66. The van der Waals surface area contributed by atoms with E-state index in [4.69, 9.17) is 11.6 Å². The third-order valence-electron chi connectivity index (χ3n) is 2.77. The minimum Gasteiger partial charge on any atom is -0.225 e. The average Bonchev–Trinajstić information content (AvgIpc) is 3.06. The minimum atomic E-state index is 0.564. The fraction of sp³-hybridized carbons (Fsp3) is 0.167. The van der Waals surface area contributed by atoms with Crippen molar-refractivity contribution in [2.45, 2.75) is 13.5 Å². The standard InChI is InChI=1S/C12H10ClIN6/c1-2-19-17-12(16-18-19)8-7-15-20(11(8)14)10-6-4-3-5-9(10)13/h3-7H,2H2,1H3. The number of hydrogen-bond acceptors (Lipinski definition) is 4. The summed E-state index contributed by atoms with van der Waals surface area (Å²) in [6.07, 6.45) is 1.72. The van der Waals surface area contributed by atoms with E-state index in [1.54, 1.807) is 10.9 Å². The predicted molar refractivity (Wildman–Crippen MR) is 83.8 cm³/mol. The lowest BCUT2D eigenvalue weighted by molar-refractivity contribution is 0.552. The Balaban J connectivity index is 2.07. The van der Waals surface area contributed by atoms with Crippen LogP contribution in [0.15, 0.2) is 30.5 Å². The number of aryl methyl sites for hydroxylation is 1. The largest absolute Gasteiger partial charge is 0.225 e. The molecule has 0 fully saturated rings. The maximum absolute atomic E-state index is 6.20. The molecule has 3 rings (SSSR count). The van der Waals surface area contributed by atoms with Crippen LogP contribution >= 0.6 is 34.2 Å². The second-order valence-electron chi connectivity index (χ2n) is 4.01. The lowest BCUT2D eigenvalue weighted by Gasteiger charge is -2.05. The SMILES string of the molecule is CCn1nnc(-c2cnn(-c3ccccc3Cl)c2I)n1. The van der Waals surface area contributed by atoms with Gasteiger partial charge in [0, 0.05) is 0 Å². The molecule has 0 N–H and O–H groups in total. The molecule has 3 aromatic rings. The van der Waals surface area contributed by atoms with E-state index in [1.165, 1.54) is 4.80 Å². The Hall–Kier alpha value is -1.48. The van der Waals surface area contributed by atoms with Gasteiger partial charge in [-0.25, -0.2) is 4.68 Å². The van der Waals surface area contributed by atoms with Crippen molar-refractivity contribution in [3.05, 3.63) is 39.2 Å². The Kier molecular flexibility index (Phi) is 3.70. The number of aromatic nitrogens is 6. The molecule has 0 saturated carbocycles. The summed E-state index contributed by atoms with van der Waals surface area (Å²) in [4.78, 5) is 1.54. The average molecular weight is 401 g/mol. The van der Waals surface area contributed by atoms with Crippen LogP contribution in [0.5, 0.6) is 0 Å². The summed E-state index contributed by atoms with van der Waals surface area (Å²) in [5.74, 6) is 0.564. The normalized spacial score (nSPS) is 10.9. The first-order chi connectivity index (χ1) is 9.70. The van der Waals surface area contributed by atoms with Crippen LogP contribution < -0.4 is 0 Å². The van der Waals surface area contributed by atoms with Crippen LogP contribution in [0.25, 0.3) is 17.1 Å². The van der Waals surface area contributed by atoms with Crippen molar-refractivity contribution in [3.63, 3.8) is 0 Å². The maximum atomic E-state index is 6.20. The maximum Gasteiger partial charge on any atom is 0.209 e. The number of tetrazole rings is 1. The number of rotatable bonds is 3. The highest BCUT2D eigenvalue weighted by molar-refractivity contribution is 14.1. The zero-order valence-corrected chi connectivity index (χ0v) is 13.4. The van der Waals surface area contributed by atoms with E-state index in [9.17, 15) is 0 Å². The Morgan fingerprint density at radius 1 is 1.30 bits per heavy atom. The molecule has 0 radical (unpaired) electrons. The van der Waals surface area contributed by atoms with E-state index in [0.717, 1.165) is 15.0 Å². The van der Waals surface area contributed by atoms with Gasteiger partial charge in [-0.15, -0.1) is 10.2 Å². The summed E-state index contributed by atoms with van der Waals surface area (Å²) in [7, 11) is 0. The molecular formula is C12H10ClIN6. The molecule has 0 amide bonds. The first-order valence-electron chi connectivity index (χ1n) is 5.97. The van der Waals surface area contributed by atoms with Crippen LogP contribution in [0.2, 0.25) is 5.02 Å². The van der Waals surface area contributed by atoms with Crippen molar-refractivity contribution >= 4 is 34.2 Å². The van der Waals surface area contributed by atoms with Gasteiger partial charge in [0.25, 0.3) is 0 Å². The molecule has 0 aliphatic heterocycles. The smallest absolute Gasteiger partial charge is 0.209 e. The van der Waals surface area contributed by atoms with Crippen LogP contribution in [0.1, 0.15) is 6.92 Å². The highest BCUT2D eigenvalue weighted by atomic mass is 127. The first kappa shape index (κ1) is 13.5. The third kappa shape index (κ3) is 2.31. The summed E-state index contributed by atoms with van der Waals surface area (Å²) in [5, 5.41) is 17.3. The fourth-order valence-corrected chi connectivity index (χ4v) is 2.74. The molecule has 6 nitrogen and oxygen atoms in total. The molecular weight excluding hydrogens is 391 g/mol. The molecule has 102 valence electrons. The van der Waals surface area contributed by atoms with Gasteiger partial charge in [-0.2, -0.15) is 9.90 Å². The van der Waals surface area contributed by atoms with Crippen LogP contribution in [0, 0.1) is 3.70 Å². The molecule has 0 saturated heterocycles. The van der Waals surface area contributed by atoms with Crippen LogP contribution in [0.4, 0.5) is 0 Å². The van der Waals surface area contributed by atoms with E-state index in [0.29, 0.717) is 17.4 Å². The summed E-state index contributed by atoms with van der Waals surface area (Å²) < 4.78 is 2.66. The molecule has 2 aromatic heterocycles. The van der Waals surface area contributed by atoms with Crippen molar-refractivity contribution < 1.29 is 0 Å². The van der Waals surface area contributed by atoms with Crippen molar-refractivity contribution in [2.75, 3.05) is 0 Å². The summed E-state index contributed by atoms with van der Waals surface area (Å²) in [6, 6.07) is 7.55. The van der Waals surface area contributed by atoms with Gasteiger partial charge >= 0.3 is 0 Å². The zero-order chi connectivity index (χ0) is 14.1. The van der Waals surface area contributed by atoms with Gasteiger partial charge in [0.1, 0.15) is 3.70 Å². The van der Waals surface area contributed by atoms with Crippen LogP contribution in [0.3, 0.4) is 0 Å². The minimum absolute atomic E-state index is 0.564. The molecule has 1 aromatic carbocycles. The van der Waals surface area contributed by atoms with Gasteiger partial charge in [-0.05, 0) is 46.9 Å². The number of para-hydroxylation sites is 1. The lowest BCUT2D eigenvalue weighted by Crippen LogP contribution is -2.00. The van der Waals surface area contributed by atoms with Gasteiger partial charge in [0.15, 0.2) is 0 Å². The van der Waals surface area contributed by atoms with E-state index in [-0.39, 0.29) is 0 Å². The number of benzene rings is 1. The Morgan fingerprint density at radius 3 is 2.80 bits per heavy atom. The van der Waals surface area contributed by atoms with Crippen LogP contribution in [-0.2, 0) is 6.54 Å².